The van der Waals surface area contributed by atoms with Crippen LogP contribution in [0, 0.1) is 0 Å². The van der Waals surface area contributed by atoms with E-state index in [4.69, 9.17) is 9.97 Å². The van der Waals surface area contributed by atoms with Crippen LogP contribution in [0.25, 0.3) is 99.9 Å². The van der Waals surface area contributed by atoms with Crippen molar-refractivity contribution in [3.63, 3.8) is 0 Å². The molecule has 3 aromatic heterocycles. The van der Waals surface area contributed by atoms with Crippen LogP contribution in [0.4, 0.5) is 0 Å². The highest BCUT2D eigenvalue weighted by molar-refractivity contribution is 6.19. The van der Waals surface area contributed by atoms with Gasteiger partial charge in [-0.15, -0.1) is 0 Å². The van der Waals surface area contributed by atoms with Gasteiger partial charge in [-0.25, -0.2) is 9.97 Å². The number of aromatic nitrogens is 4. The first-order chi connectivity index (χ1) is 29.0. The van der Waals surface area contributed by atoms with Crippen molar-refractivity contribution in [3.05, 3.63) is 205 Å². The zero-order valence-corrected chi connectivity index (χ0v) is 32.8. The molecule has 1 aliphatic rings. The molecule has 12 rings (SSSR count). The third-order valence-electron chi connectivity index (χ3n) is 12.6. The van der Waals surface area contributed by atoms with E-state index in [1.54, 1.807) is 0 Å². The molecule has 11 aromatic rings. The normalized spacial score (nSPS) is 13.1. The summed E-state index contributed by atoms with van der Waals surface area (Å²) in [5.74, 6) is 0.718. The standard InChI is InChI=1S/C55H38N4/c1-55(2)47-22-11-9-20-41(47)42-26-24-37(34-48(42)55)52-44-21-10-12-23-49(44)56-54(57-52)38-15-13-14-35(32-38)36-25-28-51-46(33-36)43-27-29-50-45(30-31-58(50)39-16-5-3-6-17-39)53(43)59(51)40-18-7-4-8-19-40/h3-34H,1-2H3. The van der Waals surface area contributed by atoms with Crippen LogP contribution in [0.1, 0.15) is 25.0 Å². The van der Waals surface area contributed by atoms with E-state index in [0.29, 0.717) is 0 Å². The quantitative estimate of drug-likeness (QED) is 0.175. The third-order valence-corrected chi connectivity index (χ3v) is 12.6. The fraction of sp³-hybridized carbons (Fsp3) is 0.0545. The van der Waals surface area contributed by atoms with Crippen LogP contribution >= 0.6 is 0 Å². The van der Waals surface area contributed by atoms with E-state index in [2.05, 4.69) is 217 Å². The van der Waals surface area contributed by atoms with Gasteiger partial charge >= 0.3 is 0 Å². The van der Waals surface area contributed by atoms with Gasteiger partial charge in [0, 0.05) is 55.7 Å². The first kappa shape index (κ1) is 33.6. The van der Waals surface area contributed by atoms with E-state index < -0.39 is 0 Å². The van der Waals surface area contributed by atoms with Crippen molar-refractivity contribution in [1.29, 1.82) is 0 Å². The van der Waals surface area contributed by atoms with Crippen LogP contribution < -0.4 is 0 Å². The smallest absolute Gasteiger partial charge is 0.160 e. The first-order valence-electron chi connectivity index (χ1n) is 20.3. The summed E-state index contributed by atoms with van der Waals surface area (Å²) in [4.78, 5) is 10.5. The van der Waals surface area contributed by atoms with Gasteiger partial charge in [0.25, 0.3) is 0 Å². The number of nitrogens with zero attached hydrogens (tertiary/aromatic N) is 4. The molecule has 59 heavy (non-hydrogen) atoms. The Morgan fingerprint density at radius 2 is 1.12 bits per heavy atom. The molecule has 0 spiro atoms. The van der Waals surface area contributed by atoms with Crippen molar-refractivity contribution in [2.75, 3.05) is 0 Å². The highest BCUT2D eigenvalue weighted by Gasteiger charge is 2.35. The van der Waals surface area contributed by atoms with Crippen molar-refractivity contribution >= 4 is 43.6 Å². The fourth-order valence-corrected chi connectivity index (χ4v) is 9.68. The average molecular weight is 755 g/mol. The van der Waals surface area contributed by atoms with Crippen molar-refractivity contribution in [2.24, 2.45) is 0 Å². The van der Waals surface area contributed by atoms with Crippen LogP contribution in [0.3, 0.4) is 0 Å². The molecule has 3 heterocycles. The van der Waals surface area contributed by atoms with Crippen LogP contribution in [-0.4, -0.2) is 19.1 Å². The Labute approximate surface area is 342 Å². The predicted molar refractivity (Wildman–Crippen MR) is 245 cm³/mol. The molecule has 278 valence electrons. The van der Waals surface area contributed by atoms with E-state index in [0.717, 1.165) is 56.0 Å². The highest BCUT2D eigenvalue weighted by Crippen LogP contribution is 2.50. The Balaban J connectivity index is 0.997. The molecule has 4 heteroatoms. The van der Waals surface area contributed by atoms with E-state index >= 15 is 0 Å². The van der Waals surface area contributed by atoms with Gasteiger partial charge < -0.3 is 9.13 Å². The van der Waals surface area contributed by atoms with Crippen molar-refractivity contribution in [1.82, 2.24) is 19.1 Å². The van der Waals surface area contributed by atoms with Gasteiger partial charge in [0.05, 0.1) is 27.8 Å². The summed E-state index contributed by atoms with van der Waals surface area (Å²) in [6, 6.07) is 67.7. The lowest BCUT2D eigenvalue weighted by molar-refractivity contribution is 0.660. The second-order valence-electron chi connectivity index (χ2n) is 16.2. The lowest BCUT2D eigenvalue weighted by Crippen LogP contribution is -2.14. The number of rotatable bonds is 5. The Morgan fingerprint density at radius 3 is 1.98 bits per heavy atom. The number of fused-ring (bicyclic) bond motifs is 9. The van der Waals surface area contributed by atoms with Gasteiger partial charge in [0.2, 0.25) is 0 Å². The zero-order valence-electron chi connectivity index (χ0n) is 32.8. The van der Waals surface area contributed by atoms with E-state index in [-0.39, 0.29) is 5.41 Å². The molecular formula is C55H38N4. The molecule has 0 saturated carbocycles. The molecule has 0 radical (unpaired) electrons. The SMILES string of the molecule is CC1(C)c2ccccc2-c2ccc(-c3nc(-c4cccc(-c5ccc6c(c5)c5ccc7c(ccn7-c7ccccc7)c5n6-c5ccccc5)c4)nc4ccccc34)cc21. The van der Waals surface area contributed by atoms with E-state index in [9.17, 15) is 0 Å². The van der Waals surface area contributed by atoms with Crippen LogP contribution in [0.5, 0.6) is 0 Å². The molecule has 8 aromatic carbocycles. The maximum atomic E-state index is 5.36. The molecule has 0 aliphatic heterocycles. The average Bonchev–Trinajstić information content (AvgIpc) is 3.95. The summed E-state index contributed by atoms with van der Waals surface area (Å²) in [5, 5.41) is 4.71. The molecular weight excluding hydrogens is 717 g/mol. The van der Waals surface area contributed by atoms with Crippen molar-refractivity contribution < 1.29 is 0 Å². The number of benzene rings is 8. The third kappa shape index (κ3) is 5.09. The maximum absolute atomic E-state index is 5.36. The molecule has 4 nitrogen and oxygen atoms in total. The minimum absolute atomic E-state index is 0.101. The van der Waals surface area contributed by atoms with E-state index in [1.165, 1.54) is 55.0 Å². The monoisotopic (exact) mass is 754 g/mol. The molecule has 0 fully saturated rings. The number of para-hydroxylation sites is 3. The second-order valence-corrected chi connectivity index (χ2v) is 16.2. The first-order valence-corrected chi connectivity index (χ1v) is 20.3. The lowest BCUT2D eigenvalue weighted by atomic mass is 9.82. The summed E-state index contributed by atoms with van der Waals surface area (Å²) in [6.45, 7) is 4.66. The summed E-state index contributed by atoms with van der Waals surface area (Å²) in [7, 11) is 0. The molecule has 0 bridgehead atoms. The summed E-state index contributed by atoms with van der Waals surface area (Å²) in [5.41, 5.74) is 17.3. The zero-order chi connectivity index (χ0) is 39.2. The van der Waals surface area contributed by atoms with Crippen LogP contribution in [0.2, 0.25) is 0 Å². The minimum atomic E-state index is -0.101. The summed E-state index contributed by atoms with van der Waals surface area (Å²) in [6.07, 6.45) is 2.19. The van der Waals surface area contributed by atoms with Gasteiger partial charge in [0.15, 0.2) is 5.82 Å². The van der Waals surface area contributed by atoms with E-state index in [1.807, 2.05) is 0 Å². The van der Waals surface area contributed by atoms with Crippen molar-refractivity contribution in [3.8, 4) is 56.3 Å². The molecule has 0 saturated heterocycles. The van der Waals surface area contributed by atoms with Gasteiger partial charge in [-0.3, -0.25) is 0 Å². The molecule has 1 aliphatic carbocycles. The largest absolute Gasteiger partial charge is 0.316 e. The Morgan fingerprint density at radius 1 is 0.424 bits per heavy atom. The molecule has 0 atom stereocenters. The molecule has 0 N–H and O–H groups in total. The molecule has 0 unspecified atom stereocenters. The number of hydrogen-bond donors (Lipinski definition) is 0. The fourth-order valence-electron chi connectivity index (χ4n) is 9.68. The molecule has 0 amide bonds. The Hall–Kier alpha value is -7.56. The summed E-state index contributed by atoms with van der Waals surface area (Å²) < 4.78 is 4.70. The predicted octanol–water partition coefficient (Wildman–Crippen LogP) is 14.0. The minimum Gasteiger partial charge on any atom is -0.316 e. The van der Waals surface area contributed by atoms with Crippen LogP contribution in [0.15, 0.2) is 194 Å². The van der Waals surface area contributed by atoms with Crippen molar-refractivity contribution in [2.45, 2.75) is 19.3 Å². The van der Waals surface area contributed by atoms with Gasteiger partial charge in [-0.1, -0.05) is 135 Å². The Bertz CT molecular complexity index is 3460. The Kier molecular flexibility index (Phi) is 7.24. The van der Waals surface area contributed by atoms with Gasteiger partial charge in [-0.2, -0.15) is 0 Å². The summed E-state index contributed by atoms with van der Waals surface area (Å²) >= 11 is 0. The topological polar surface area (TPSA) is 35.6 Å². The number of hydrogen-bond acceptors (Lipinski definition) is 2. The van der Waals surface area contributed by atoms with Crippen LogP contribution in [-0.2, 0) is 5.41 Å². The highest BCUT2D eigenvalue weighted by atomic mass is 15.0. The van der Waals surface area contributed by atoms with Gasteiger partial charge in [-0.05, 0) is 100 Å². The lowest BCUT2D eigenvalue weighted by Gasteiger charge is -2.22. The van der Waals surface area contributed by atoms with Gasteiger partial charge in [0.1, 0.15) is 0 Å². The second kappa shape index (κ2) is 12.7. The maximum Gasteiger partial charge on any atom is 0.160 e.